The first-order valence-electron chi connectivity index (χ1n) is 6.04. The van der Waals surface area contributed by atoms with Crippen molar-refractivity contribution in [3.63, 3.8) is 0 Å². The lowest BCUT2D eigenvalue weighted by atomic mass is 9.86. The van der Waals surface area contributed by atoms with Crippen molar-refractivity contribution in [3.05, 3.63) is 81.9 Å². The maximum absolute atomic E-state index is 11.6. The maximum atomic E-state index is 11.6. The van der Waals surface area contributed by atoms with E-state index in [0.717, 1.165) is 11.1 Å². The highest BCUT2D eigenvalue weighted by Crippen LogP contribution is 2.39. The molecule has 0 radical (unpaired) electrons. The van der Waals surface area contributed by atoms with Gasteiger partial charge in [-0.2, -0.15) is 0 Å². The van der Waals surface area contributed by atoms with Crippen LogP contribution in [0.25, 0.3) is 0 Å². The van der Waals surface area contributed by atoms with Crippen molar-refractivity contribution >= 4 is 29.2 Å². The van der Waals surface area contributed by atoms with Crippen LogP contribution >= 0.6 is 23.2 Å². The van der Waals surface area contributed by atoms with E-state index in [1.165, 1.54) is 6.08 Å². The van der Waals surface area contributed by atoms with E-state index in [1.54, 1.807) is 30.3 Å². The third-order valence-corrected chi connectivity index (χ3v) is 3.77. The average molecular weight is 305 g/mol. The third-order valence-electron chi connectivity index (χ3n) is 3.26. The molecule has 0 bridgehead atoms. The quantitative estimate of drug-likeness (QED) is 0.771. The van der Waals surface area contributed by atoms with Crippen LogP contribution in [0.1, 0.15) is 11.1 Å². The molecule has 2 aromatic carbocycles. The van der Waals surface area contributed by atoms with Crippen LogP contribution in [0.4, 0.5) is 0 Å². The van der Waals surface area contributed by atoms with E-state index in [4.69, 9.17) is 27.9 Å². The minimum absolute atomic E-state index is 0.366. The minimum atomic E-state index is -0.910. The van der Waals surface area contributed by atoms with Gasteiger partial charge in [-0.25, -0.2) is 4.79 Å². The number of hydrogen-bond donors (Lipinski definition) is 0. The molecule has 0 amide bonds. The topological polar surface area (TPSA) is 26.3 Å². The third kappa shape index (κ3) is 2.21. The van der Waals surface area contributed by atoms with Gasteiger partial charge in [-0.05, 0) is 30.3 Å². The van der Waals surface area contributed by atoms with E-state index in [9.17, 15) is 4.79 Å². The number of ether oxygens (including phenoxy) is 1. The molecule has 0 saturated carbocycles. The molecule has 0 N–H and O–H groups in total. The fourth-order valence-electron chi connectivity index (χ4n) is 2.28. The molecule has 0 aromatic heterocycles. The van der Waals surface area contributed by atoms with Gasteiger partial charge in [0.2, 0.25) is 0 Å². The Hall–Kier alpha value is -1.77. The summed E-state index contributed by atoms with van der Waals surface area (Å²) in [4.78, 5) is 11.6. The van der Waals surface area contributed by atoms with E-state index in [0.29, 0.717) is 10.0 Å². The van der Waals surface area contributed by atoms with Crippen LogP contribution in [0.2, 0.25) is 10.0 Å². The Bertz CT molecular complexity index is 627. The number of carbonyl (C=O) groups is 1. The lowest BCUT2D eigenvalue weighted by molar-refractivity contribution is -0.143. The molecule has 0 saturated heterocycles. The molecule has 0 spiro atoms. The van der Waals surface area contributed by atoms with E-state index in [-0.39, 0.29) is 5.97 Å². The summed E-state index contributed by atoms with van der Waals surface area (Å²) in [7, 11) is 0. The summed E-state index contributed by atoms with van der Waals surface area (Å²) in [5.74, 6) is -0.366. The van der Waals surface area contributed by atoms with Gasteiger partial charge in [0.05, 0.1) is 0 Å². The van der Waals surface area contributed by atoms with Crippen molar-refractivity contribution in [1.82, 2.24) is 0 Å². The molecule has 0 fully saturated rings. The summed E-state index contributed by atoms with van der Waals surface area (Å²) < 4.78 is 5.56. The zero-order chi connectivity index (χ0) is 14.2. The van der Waals surface area contributed by atoms with Gasteiger partial charge >= 0.3 is 5.97 Å². The number of halogens is 2. The number of benzene rings is 2. The van der Waals surface area contributed by atoms with Crippen LogP contribution in [0.5, 0.6) is 0 Å². The summed E-state index contributed by atoms with van der Waals surface area (Å²) >= 11 is 11.8. The normalized spacial score (nSPS) is 16.2. The second-order valence-corrected chi connectivity index (χ2v) is 5.38. The van der Waals surface area contributed by atoms with Crippen LogP contribution < -0.4 is 0 Å². The fourth-order valence-corrected chi connectivity index (χ4v) is 2.54. The van der Waals surface area contributed by atoms with Gasteiger partial charge in [0, 0.05) is 27.2 Å². The van der Waals surface area contributed by atoms with Gasteiger partial charge in [-0.3, -0.25) is 0 Å². The zero-order valence-electron chi connectivity index (χ0n) is 10.3. The molecular weight excluding hydrogens is 295 g/mol. The number of cyclic esters (lactones) is 1. The molecule has 20 heavy (non-hydrogen) atoms. The van der Waals surface area contributed by atoms with Crippen molar-refractivity contribution in [1.29, 1.82) is 0 Å². The van der Waals surface area contributed by atoms with E-state index in [2.05, 4.69) is 0 Å². The first-order valence-corrected chi connectivity index (χ1v) is 6.80. The summed E-state index contributed by atoms with van der Waals surface area (Å²) in [5.41, 5.74) is 0.768. The second-order valence-electron chi connectivity index (χ2n) is 4.50. The summed E-state index contributed by atoms with van der Waals surface area (Å²) in [5, 5.41) is 1.27. The van der Waals surface area contributed by atoms with Gasteiger partial charge < -0.3 is 4.74 Å². The maximum Gasteiger partial charge on any atom is 0.332 e. The molecular formula is C16H10Cl2O2. The van der Waals surface area contributed by atoms with Crippen LogP contribution in [-0.4, -0.2) is 5.97 Å². The molecule has 4 heteroatoms. The van der Waals surface area contributed by atoms with Crippen LogP contribution in [0.15, 0.2) is 60.7 Å². The van der Waals surface area contributed by atoms with E-state index < -0.39 is 5.60 Å². The van der Waals surface area contributed by atoms with Gasteiger partial charge in [-0.15, -0.1) is 0 Å². The van der Waals surface area contributed by atoms with E-state index >= 15 is 0 Å². The highest BCUT2D eigenvalue weighted by atomic mass is 35.5. The Kier molecular flexibility index (Phi) is 3.28. The molecule has 2 aromatic rings. The van der Waals surface area contributed by atoms with Crippen molar-refractivity contribution < 1.29 is 9.53 Å². The molecule has 0 aliphatic carbocycles. The second kappa shape index (κ2) is 4.97. The standard InChI is InChI=1S/C16H10Cl2O2/c17-13-5-1-11(2-6-13)16(10-9-15(19)20-16)12-3-7-14(18)8-4-12/h1-10H. The largest absolute Gasteiger partial charge is 0.442 e. The summed E-state index contributed by atoms with van der Waals surface area (Å²) in [6.45, 7) is 0. The van der Waals surface area contributed by atoms with Crippen molar-refractivity contribution in [2.75, 3.05) is 0 Å². The van der Waals surface area contributed by atoms with Crippen molar-refractivity contribution in [2.24, 2.45) is 0 Å². The molecule has 1 heterocycles. The predicted molar refractivity (Wildman–Crippen MR) is 78.9 cm³/mol. The molecule has 0 unspecified atom stereocenters. The molecule has 2 nitrogen and oxygen atoms in total. The van der Waals surface area contributed by atoms with Gasteiger partial charge in [0.1, 0.15) is 0 Å². The summed E-state index contributed by atoms with van der Waals surface area (Å²) in [6, 6.07) is 14.5. The fraction of sp³-hybridized carbons (Fsp3) is 0.0625. The Morgan fingerprint density at radius 2 is 1.25 bits per heavy atom. The van der Waals surface area contributed by atoms with Crippen molar-refractivity contribution in [3.8, 4) is 0 Å². The number of hydrogen-bond acceptors (Lipinski definition) is 2. The average Bonchev–Trinajstić information content (AvgIpc) is 2.84. The summed E-state index contributed by atoms with van der Waals surface area (Å²) in [6.07, 6.45) is 3.19. The van der Waals surface area contributed by atoms with Crippen LogP contribution in [-0.2, 0) is 15.1 Å². The number of carbonyl (C=O) groups excluding carboxylic acids is 1. The number of rotatable bonds is 2. The molecule has 1 aliphatic rings. The van der Waals surface area contributed by atoms with E-state index in [1.807, 2.05) is 24.3 Å². The molecule has 0 atom stereocenters. The SMILES string of the molecule is O=C1C=CC(c2ccc(Cl)cc2)(c2ccc(Cl)cc2)O1. The predicted octanol–water partition coefficient (Wildman–Crippen LogP) is 4.35. The Balaban J connectivity index is 2.15. The lowest BCUT2D eigenvalue weighted by Crippen LogP contribution is -2.27. The first-order chi connectivity index (χ1) is 9.60. The smallest absolute Gasteiger partial charge is 0.332 e. The highest BCUT2D eigenvalue weighted by Gasteiger charge is 2.39. The zero-order valence-corrected chi connectivity index (χ0v) is 11.9. The van der Waals surface area contributed by atoms with Gasteiger partial charge in [0.15, 0.2) is 5.60 Å². The highest BCUT2D eigenvalue weighted by molar-refractivity contribution is 6.30. The first kappa shape index (κ1) is 13.2. The molecule has 3 rings (SSSR count). The van der Waals surface area contributed by atoms with Gasteiger partial charge in [-0.1, -0.05) is 47.5 Å². The van der Waals surface area contributed by atoms with Crippen LogP contribution in [0.3, 0.4) is 0 Å². The van der Waals surface area contributed by atoms with Crippen molar-refractivity contribution in [2.45, 2.75) is 5.60 Å². The molecule has 1 aliphatic heterocycles. The lowest BCUT2D eigenvalue weighted by Gasteiger charge is -2.27. The number of esters is 1. The Morgan fingerprint density at radius 3 is 1.60 bits per heavy atom. The van der Waals surface area contributed by atoms with Gasteiger partial charge in [0.25, 0.3) is 0 Å². The Morgan fingerprint density at radius 1 is 0.800 bits per heavy atom. The molecule has 100 valence electrons. The minimum Gasteiger partial charge on any atom is -0.442 e. The van der Waals surface area contributed by atoms with Crippen LogP contribution in [0, 0.1) is 0 Å². The monoisotopic (exact) mass is 304 g/mol. The Labute approximate surface area is 126 Å².